The molecule has 0 atom stereocenters. The van der Waals surface area contributed by atoms with Crippen LogP contribution in [0, 0.1) is 5.82 Å². The van der Waals surface area contributed by atoms with Gasteiger partial charge in [-0.15, -0.1) is 0 Å². The summed E-state index contributed by atoms with van der Waals surface area (Å²) in [6, 6.07) is 0. The van der Waals surface area contributed by atoms with E-state index < -0.39 is 17.1 Å². The lowest BCUT2D eigenvalue weighted by Crippen LogP contribution is -2.36. The molecule has 1 heterocycles. The van der Waals surface area contributed by atoms with Crippen LogP contribution in [0.2, 0.25) is 0 Å². The second-order valence-electron chi connectivity index (χ2n) is 2.75. The highest BCUT2D eigenvalue weighted by atomic mass is 19.1. The van der Waals surface area contributed by atoms with Crippen molar-refractivity contribution in [2.45, 2.75) is 26.3 Å². The Labute approximate surface area is 74.0 Å². The molecule has 1 N–H and O–H groups in total. The average molecular weight is 186 g/mol. The van der Waals surface area contributed by atoms with Gasteiger partial charge in [0.25, 0.3) is 5.56 Å². The minimum absolute atomic E-state index is 0.266. The van der Waals surface area contributed by atoms with Gasteiger partial charge in [-0.2, -0.15) is 4.39 Å². The Morgan fingerprint density at radius 1 is 1.54 bits per heavy atom. The number of rotatable bonds is 3. The van der Waals surface area contributed by atoms with Crippen molar-refractivity contribution < 1.29 is 4.39 Å². The van der Waals surface area contributed by atoms with E-state index in [-0.39, 0.29) is 6.54 Å². The Morgan fingerprint density at radius 2 is 2.23 bits per heavy atom. The highest BCUT2D eigenvalue weighted by molar-refractivity contribution is 4.87. The normalized spacial score (nSPS) is 10.3. The summed E-state index contributed by atoms with van der Waals surface area (Å²) in [4.78, 5) is 24.3. The Hall–Kier alpha value is -1.39. The average Bonchev–Trinajstić information content (AvgIpc) is 2.12. The quantitative estimate of drug-likeness (QED) is 0.746. The fraction of sp³-hybridized carbons (Fsp3) is 0.500. The van der Waals surface area contributed by atoms with Gasteiger partial charge in [0.2, 0.25) is 5.82 Å². The maximum Gasteiger partial charge on any atom is 0.328 e. The zero-order valence-corrected chi connectivity index (χ0v) is 7.34. The van der Waals surface area contributed by atoms with Gasteiger partial charge in [0, 0.05) is 12.7 Å². The van der Waals surface area contributed by atoms with Gasteiger partial charge in [0.1, 0.15) is 0 Å². The zero-order valence-electron chi connectivity index (χ0n) is 7.34. The molecule has 72 valence electrons. The maximum atomic E-state index is 12.7. The molecule has 0 aliphatic rings. The van der Waals surface area contributed by atoms with Gasteiger partial charge in [-0.05, 0) is 6.42 Å². The van der Waals surface area contributed by atoms with Crippen molar-refractivity contribution in [3.8, 4) is 0 Å². The van der Waals surface area contributed by atoms with Crippen LogP contribution in [-0.2, 0) is 6.54 Å². The summed E-state index contributed by atoms with van der Waals surface area (Å²) in [5.41, 5.74) is -1.41. The second kappa shape index (κ2) is 4.02. The third-order valence-electron chi connectivity index (χ3n) is 1.75. The SMILES string of the molecule is CCCCn1c(=O)[nH]cc(F)c1=O. The van der Waals surface area contributed by atoms with Gasteiger partial charge in [0.05, 0.1) is 0 Å². The van der Waals surface area contributed by atoms with Crippen LogP contribution in [0.25, 0.3) is 0 Å². The van der Waals surface area contributed by atoms with Crippen molar-refractivity contribution in [1.82, 2.24) is 9.55 Å². The lowest BCUT2D eigenvalue weighted by molar-refractivity contribution is 0.522. The van der Waals surface area contributed by atoms with Crippen LogP contribution >= 0.6 is 0 Å². The van der Waals surface area contributed by atoms with E-state index in [1.54, 1.807) is 0 Å². The molecule has 5 heteroatoms. The molecule has 0 saturated heterocycles. The predicted molar refractivity (Wildman–Crippen MR) is 46.2 cm³/mol. The summed E-state index contributed by atoms with van der Waals surface area (Å²) in [6.07, 6.45) is 2.32. The highest BCUT2D eigenvalue weighted by Gasteiger charge is 2.04. The molecular formula is C8H11FN2O2. The van der Waals surface area contributed by atoms with E-state index in [4.69, 9.17) is 0 Å². The number of aromatic amines is 1. The predicted octanol–water partition coefficient (Wildman–Crippen LogP) is 0.476. The Kier molecular flexibility index (Phi) is 3.00. The number of hydrogen-bond donors (Lipinski definition) is 1. The summed E-state index contributed by atoms with van der Waals surface area (Å²) in [6.45, 7) is 2.20. The summed E-state index contributed by atoms with van der Waals surface area (Å²) >= 11 is 0. The van der Waals surface area contributed by atoms with Crippen molar-refractivity contribution >= 4 is 0 Å². The van der Waals surface area contributed by atoms with Crippen molar-refractivity contribution in [1.29, 1.82) is 0 Å². The van der Waals surface area contributed by atoms with Crippen LogP contribution in [0.4, 0.5) is 4.39 Å². The number of hydrogen-bond acceptors (Lipinski definition) is 2. The first-order valence-electron chi connectivity index (χ1n) is 4.15. The van der Waals surface area contributed by atoms with Crippen LogP contribution in [0.1, 0.15) is 19.8 Å². The number of unbranched alkanes of at least 4 members (excludes halogenated alkanes) is 1. The van der Waals surface area contributed by atoms with Gasteiger partial charge < -0.3 is 4.98 Å². The molecule has 0 bridgehead atoms. The van der Waals surface area contributed by atoms with Crippen molar-refractivity contribution in [2.75, 3.05) is 0 Å². The molecule has 0 aliphatic carbocycles. The molecule has 0 spiro atoms. The Bertz CT molecular complexity index is 394. The third kappa shape index (κ3) is 2.05. The smallest absolute Gasteiger partial charge is 0.311 e. The molecule has 0 aromatic carbocycles. The largest absolute Gasteiger partial charge is 0.328 e. The van der Waals surface area contributed by atoms with Crippen molar-refractivity contribution in [3.05, 3.63) is 32.9 Å². The minimum atomic E-state index is -0.921. The number of nitrogens with zero attached hydrogens (tertiary/aromatic N) is 1. The zero-order chi connectivity index (χ0) is 9.84. The molecule has 4 nitrogen and oxygen atoms in total. The van der Waals surface area contributed by atoms with Crippen LogP contribution in [-0.4, -0.2) is 9.55 Å². The molecule has 0 aliphatic heterocycles. The highest BCUT2D eigenvalue weighted by Crippen LogP contribution is 1.88. The summed E-state index contributed by atoms with van der Waals surface area (Å²) in [5.74, 6) is -0.921. The van der Waals surface area contributed by atoms with Gasteiger partial charge in [-0.1, -0.05) is 13.3 Å². The number of halogens is 1. The maximum absolute atomic E-state index is 12.7. The number of aromatic nitrogens is 2. The van der Waals surface area contributed by atoms with Crippen molar-refractivity contribution in [2.24, 2.45) is 0 Å². The van der Waals surface area contributed by atoms with E-state index in [0.717, 1.165) is 17.2 Å². The molecule has 1 aromatic rings. The minimum Gasteiger partial charge on any atom is -0.311 e. The summed E-state index contributed by atoms with van der Waals surface area (Å²) in [7, 11) is 0. The first-order chi connectivity index (χ1) is 6.16. The van der Waals surface area contributed by atoms with Crippen LogP contribution in [0.15, 0.2) is 15.8 Å². The lowest BCUT2D eigenvalue weighted by atomic mass is 10.3. The van der Waals surface area contributed by atoms with Gasteiger partial charge in [-0.3, -0.25) is 9.36 Å². The number of nitrogens with one attached hydrogen (secondary N) is 1. The van der Waals surface area contributed by atoms with E-state index in [1.807, 2.05) is 6.92 Å². The number of H-pyrrole nitrogens is 1. The molecule has 1 rings (SSSR count). The lowest BCUT2D eigenvalue weighted by Gasteiger charge is -2.01. The standard InChI is InChI=1S/C8H11FN2O2/c1-2-3-4-11-7(12)6(9)5-10-8(11)13/h5H,2-4H2,1H3,(H,10,13). The Balaban J connectivity index is 3.11. The van der Waals surface area contributed by atoms with E-state index in [9.17, 15) is 14.0 Å². The summed E-state index contributed by atoms with van der Waals surface area (Å²) < 4.78 is 13.6. The second-order valence-corrected chi connectivity index (χ2v) is 2.75. The fourth-order valence-corrected chi connectivity index (χ4v) is 1.01. The molecule has 0 amide bonds. The van der Waals surface area contributed by atoms with E-state index in [2.05, 4.69) is 4.98 Å². The topological polar surface area (TPSA) is 54.9 Å². The van der Waals surface area contributed by atoms with Crippen LogP contribution < -0.4 is 11.2 Å². The van der Waals surface area contributed by atoms with Gasteiger partial charge in [-0.25, -0.2) is 4.79 Å². The van der Waals surface area contributed by atoms with Crippen LogP contribution in [0.3, 0.4) is 0 Å². The van der Waals surface area contributed by atoms with E-state index in [1.165, 1.54) is 0 Å². The molecule has 1 aromatic heterocycles. The molecule has 13 heavy (non-hydrogen) atoms. The monoisotopic (exact) mass is 186 g/mol. The molecule has 0 saturated carbocycles. The first kappa shape index (κ1) is 9.70. The first-order valence-corrected chi connectivity index (χ1v) is 4.15. The Morgan fingerprint density at radius 3 is 2.85 bits per heavy atom. The molecule has 0 radical (unpaired) electrons. The van der Waals surface area contributed by atoms with E-state index in [0.29, 0.717) is 6.42 Å². The fourth-order valence-electron chi connectivity index (χ4n) is 1.01. The van der Waals surface area contributed by atoms with Gasteiger partial charge >= 0.3 is 5.69 Å². The molecule has 0 unspecified atom stereocenters. The van der Waals surface area contributed by atoms with Gasteiger partial charge in [0.15, 0.2) is 0 Å². The third-order valence-corrected chi connectivity index (χ3v) is 1.75. The molecule has 0 fully saturated rings. The molecular weight excluding hydrogens is 175 g/mol. The summed E-state index contributed by atoms with van der Waals surface area (Å²) in [5, 5.41) is 0. The van der Waals surface area contributed by atoms with Crippen LogP contribution in [0.5, 0.6) is 0 Å². The van der Waals surface area contributed by atoms with Crippen molar-refractivity contribution in [3.63, 3.8) is 0 Å². The van der Waals surface area contributed by atoms with E-state index >= 15 is 0 Å².